The second kappa shape index (κ2) is 5.80. The SMILES string of the molecule is Cc1ccc([C@@H]2SCC(=O)N2C2CCCCC2)cc1C. The molecular formula is C17H23NOS. The Morgan fingerprint density at radius 1 is 1.10 bits per heavy atom. The molecule has 0 radical (unpaired) electrons. The van der Waals surface area contributed by atoms with Gasteiger partial charge in [-0.15, -0.1) is 11.8 Å². The fourth-order valence-corrected chi connectivity index (χ4v) is 4.60. The molecule has 1 saturated carbocycles. The van der Waals surface area contributed by atoms with E-state index in [-0.39, 0.29) is 5.37 Å². The molecule has 1 heterocycles. The first-order valence-corrected chi connectivity index (χ1v) is 8.71. The van der Waals surface area contributed by atoms with E-state index in [1.165, 1.54) is 48.8 Å². The minimum atomic E-state index is 0.241. The maximum absolute atomic E-state index is 12.3. The summed E-state index contributed by atoms with van der Waals surface area (Å²) in [5.74, 6) is 0.985. The van der Waals surface area contributed by atoms with Crippen LogP contribution in [-0.4, -0.2) is 22.6 Å². The number of carbonyl (C=O) groups excluding carboxylic acids is 1. The number of aryl methyl sites for hydroxylation is 2. The standard InChI is InChI=1S/C17H23NOS/c1-12-8-9-14(10-13(12)2)17-18(16(19)11-20-17)15-6-4-3-5-7-15/h8-10,15,17H,3-7,11H2,1-2H3/t17-/m0/s1. The summed E-state index contributed by atoms with van der Waals surface area (Å²) in [4.78, 5) is 14.5. The van der Waals surface area contributed by atoms with Crippen molar-refractivity contribution in [3.05, 3.63) is 34.9 Å². The second-order valence-corrected chi connectivity index (χ2v) is 7.17. The molecule has 20 heavy (non-hydrogen) atoms. The van der Waals surface area contributed by atoms with Gasteiger partial charge >= 0.3 is 0 Å². The van der Waals surface area contributed by atoms with Crippen molar-refractivity contribution in [1.29, 1.82) is 0 Å². The molecular weight excluding hydrogens is 266 g/mol. The molecule has 2 nitrogen and oxygen atoms in total. The van der Waals surface area contributed by atoms with Crippen LogP contribution in [0.15, 0.2) is 18.2 Å². The van der Waals surface area contributed by atoms with Crippen LogP contribution in [0, 0.1) is 13.8 Å². The Bertz CT molecular complexity index is 508. The summed E-state index contributed by atoms with van der Waals surface area (Å²) in [5.41, 5.74) is 3.95. The molecule has 1 amide bonds. The Labute approximate surface area is 125 Å². The number of benzene rings is 1. The van der Waals surface area contributed by atoms with Gasteiger partial charge in [-0.25, -0.2) is 0 Å². The predicted molar refractivity (Wildman–Crippen MR) is 84.8 cm³/mol. The number of hydrogen-bond donors (Lipinski definition) is 0. The third-order valence-corrected chi connectivity index (χ3v) is 5.92. The first kappa shape index (κ1) is 14.0. The first-order valence-electron chi connectivity index (χ1n) is 7.67. The molecule has 3 rings (SSSR count). The van der Waals surface area contributed by atoms with Gasteiger partial charge in [-0.2, -0.15) is 0 Å². The zero-order chi connectivity index (χ0) is 14.1. The van der Waals surface area contributed by atoms with Crippen LogP contribution >= 0.6 is 11.8 Å². The lowest BCUT2D eigenvalue weighted by Crippen LogP contribution is -2.39. The highest BCUT2D eigenvalue weighted by atomic mass is 32.2. The van der Waals surface area contributed by atoms with Crippen molar-refractivity contribution in [1.82, 2.24) is 4.90 Å². The largest absolute Gasteiger partial charge is 0.323 e. The number of carbonyl (C=O) groups is 1. The zero-order valence-electron chi connectivity index (χ0n) is 12.4. The third kappa shape index (κ3) is 2.60. The van der Waals surface area contributed by atoms with Crippen molar-refractivity contribution >= 4 is 17.7 Å². The van der Waals surface area contributed by atoms with Gasteiger partial charge in [0.15, 0.2) is 0 Å². The molecule has 0 spiro atoms. The van der Waals surface area contributed by atoms with Crippen molar-refractivity contribution in [2.24, 2.45) is 0 Å². The summed E-state index contributed by atoms with van der Waals surface area (Å²) in [6, 6.07) is 7.13. The lowest BCUT2D eigenvalue weighted by atomic mass is 9.93. The van der Waals surface area contributed by atoms with Crippen molar-refractivity contribution < 1.29 is 4.79 Å². The molecule has 1 aromatic carbocycles. The van der Waals surface area contributed by atoms with Crippen LogP contribution in [0.25, 0.3) is 0 Å². The summed E-state index contributed by atoms with van der Waals surface area (Å²) in [6.45, 7) is 4.30. The predicted octanol–water partition coefficient (Wildman–Crippen LogP) is 4.21. The zero-order valence-corrected chi connectivity index (χ0v) is 13.2. The highest BCUT2D eigenvalue weighted by Crippen LogP contribution is 2.42. The quantitative estimate of drug-likeness (QED) is 0.813. The van der Waals surface area contributed by atoms with Gasteiger partial charge in [0.2, 0.25) is 5.91 Å². The van der Waals surface area contributed by atoms with E-state index < -0.39 is 0 Å². The first-order chi connectivity index (χ1) is 9.66. The Balaban J connectivity index is 1.86. The Morgan fingerprint density at radius 2 is 1.85 bits per heavy atom. The molecule has 0 unspecified atom stereocenters. The van der Waals surface area contributed by atoms with Gasteiger partial charge in [0.05, 0.1) is 5.75 Å². The van der Waals surface area contributed by atoms with E-state index in [1.807, 2.05) is 0 Å². The van der Waals surface area contributed by atoms with Crippen molar-refractivity contribution in [2.45, 2.75) is 57.4 Å². The second-order valence-electron chi connectivity index (χ2n) is 6.10. The average Bonchev–Trinajstić information content (AvgIpc) is 2.85. The molecule has 2 fully saturated rings. The normalized spacial score (nSPS) is 24.4. The summed E-state index contributed by atoms with van der Waals surface area (Å²) in [6.07, 6.45) is 6.26. The molecule has 0 N–H and O–H groups in total. The van der Waals surface area contributed by atoms with Gasteiger partial charge in [0.25, 0.3) is 0 Å². The molecule has 1 aromatic rings. The van der Waals surface area contributed by atoms with E-state index in [0.717, 1.165) is 0 Å². The number of rotatable bonds is 2. The fraction of sp³-hybridized carbons (Fsp3) is 0.588. The van der Waals surface area contributed by atoms with Crippen LogP contribution in [0.5, 0.6) is 0 Å². The van der Waals surface area contributed by atoms with E-state index in [9.17, 15) is 4.79 Å². The number of thioether (sulfide) groups is 1. The Kier molecular flexibility index (Phi) is 4.06. The van der Waals surface area contributed by atoms with Gasteiger partial charge < -0.3 is 4.90 Å². The number of nitrogens with zero attached hydrogens (tertiary/aromatic N) is 1. The van der Waals surface area contributed by atoms with Crippen LogP contribution in [0.2, 0.25) is 0 Å². The van der Waals surface area contributed by atoms with Gasteiger partial charge in [0.1, 0.15) is 5.37 Å². The number of hydrogen-bond acceptors (Lipinski definition) is 2. The molecule has 108 valence electrons. The van der Waals surface area contributed by atoms with Gasteiger partial charge in [-0.05, 0) is 43.4 Å². The highest BCUT2D eigenvalue weighted by molar-refractivity contribution is 8.00. The van der Waals surface area contributed by atoms with Crippen LogP contribution in [-0.2, 0) is 4.79 Å². The lowest BCUT2D eigenvalue weighted by molar-refractivity contribution is -0.131. The van der Waals surface area contributed by atoms with E-state index in [2.05, 4.69) is 36.9 Å². The number of amides is 1. The fourth-order valence-electron chi connectivity index (χ4n) is 3.37. The topological polar surface area (TPSA) is 20.3 Å². The molecule has 3 heteroatoms. The van der Waals surface area contributed by atoms with E-state index in [1.54, 1.807) is 11.8 Å². The summed E-state index contributed by atoms with van der Waals surface area (Å²) in [5, 5.41) is 0.241. The molecule has 1 aliphatic carbocycles. The lowest BCUT2D eigenvalue weighted by Gasteiger charge is -2.35. The minimum absolute atomic E-state index is 0.241. The summed E-state index contributed by atoms with van der Waals surface area (Å²) in [7, 11) is 0. The molecule has 1 aliphatic heterocycles. The molecule has 0 bridgehead atoms. The van der Waals surface area contributed by atoms with Crippen LogP contribution in [0.1, 0.15) is 54.2 Å². The van der Waals surface area contributed by atoms with Gasteiger partial charge in [-0.1, -0.05) is 37.5 Å². The summed E-state index contributed by atoms with van der Waals surface area (Å²) < 4.78 is 0. The molecule has 0 aromatic heterocycles. The van der Waals surface area contributed by atoms with Crippen molar-refractivity contribution in [3.63, 3.8) is 0 Å². The van der Waals surface area contributed by atoms with E-state index in [4.69, 9.17) is 0 Å². The Hall–Kier alpha value is -0.960. The van der Waals surface area contributed by atoms with Gasteiger partial charge in [-0.3, -0.25) is 4.79 Å². The minimum Gasteiger partial charge on any atom is -0.323 e. The van der Waals surface area contributed by atoms with Crippen LogP contribution < -0.4 is 0 Å². The smallest absolute Gasteiger partial charge is 0.234 e. The third-order valence-electron chi connectivity index (χ3n) is 4.69. The monoisotopic (exact) mass is 289 g/mol. The van der Waals surface area contributed by atoms with Gasteiger partial charge in [0, 0.05) is 6.04 Å². The average molecular weight is 289 g/mol. The maximum atomic E-state index is 12.3. The van der Waals surface area contributed by atoms with Crippen LogP contribution in [0.4, 0.5) is 0 Å². The van der Waals surface area contributed by atoms with Crippen molar-refractivity contribution in [2.75, 3.05) is 5.75 Å². The van der Waals surface area contributed by atoms with E-state index in [0.29, 0.717) is 17.7 Å². The maximum Gasteiger partial charge on any atom is 0.234 e. The molecule has 2 aliphatic rings. The van der Waals surface area contributed by atoms with Crippen molar-refractivity contribution in [3.8, 4) is 0 Å². The van der Waals surface area contributed by atoms with E-state index >= 15 is 0 Å². The summed E-state index contributed by atoms with van der Waals surface area (Å²) >= 11 is 1.80. The molecule has 1 atom stereocenters. The highest BCUT2D eigenvalue weighted by Gasteiger charge is 2.37. The Morgan fingerprint density at radius 3 is 2.55 bits per heavy atom. The molecule has 1 saturated heterocycles. The van der Waals surface area contributed by atoms with Crippen LogP contribution in [0.3, 0.4) is 0 Å².